The molecule has 0 bridgehead atoms. The first-order valence-corrected chi connectivity index (χ1v) is 20.9. The van der Waals surface area contributed by atoms with Gasteiger partial charge in [-0.3, -0.25) is 34.0 Å². The molecule has 2 aliphatic rings. The van der Waals surface area contributed by atoms with E-state index in [-0.39, 0.29) is 64.4 Å². The highest BCUT2D eigenvalue weighted by molar-refractivity contribution is 6.45. The zero-order valence-electron chi connectivity index (χ0n) is 34.7. The lowest BCUT2D eigenvalue weighted by Crippen LogP contribution is -2.54. The third kappa shape index (κ3) is 7.80. The van der Waals surface area contributed by atoms with Gasteiger partial charge in [0.05, 0.1) is 63.9 Å². The topological polar surface area (TPSA) is 204 Å². The number of fused-ring (bicyclic) bond motifs is 2. The lowest BCUT2D eigenvalue weighted by Gasteiger charge is -2.38. The molecule has 2 fully saturated rings. The second-order valence-electron chi connectivity index (χ2n) is 15.8. The van der Waals surface area contributed by atoms with Crippen molar-refractivity contribution in [3.8, 4) is 11.6 Å². The Morgan fingerprint density at radius 3 is 1.92 bits per heavy atom. The zero-order chi connectivity index (χ0) is 44.6. The van der Waals surface area contributed by atoms with Gasteiger partial charge in [-0.1, -0.05) is 46.3 Å². The average molecular weight is 881 g/mol. The predicted molar refractivity (Wildman–Crippen MR) is 226 cm³/mol. The summed E-state index contributed by atoms with van der Waals surface area (Å²) >= 11 is 0. The molecule has 2 aliphatic heterocycles. The number of pyridine rings is 3. The first-order chi connectivity index (χ1) is 31.7. The van der Waals surface area contributed by atoms with E-state index in [0.717, 1.165) is 17.5 Å². The van der Waals surface area contributed by atoms with Crippen molar-refractivity contribution < 1.29 is 32.5 Å². The summed E-state index contributed by atoms with van der Waals surface area (Å²) in [7, 11) is 0. The Bertz CT molecular complexity index is 3030. The molecule has 0 aliphatic carbocycles. The molecule has 1 unspecified atom stereocenters. The van der Waals surface area contributed by atoms with E-state index >= 15 is 8.78 Å². The number of aromatic nitrogens is 11. The molecule has 10 rings (SSSR count). The number of aromatic amines is 2. The van der Waals surface area contributed by atoms with Crippen LogP contribution in [0.3, 0.4) is 0 Å². The predicted octanol–water partition coefficient (Wildman–Crippen LogP) is 2.46. The fourth-order valence-electron chi connectivity index (χ4n) is 8.79. The molecule has 21 heteroatoms. The minimum absolute atomic E-state index is 0.0482. The lowest BCUT2D eigenvalue weighted by molar-refractivity contribution is -0.697. The zero-order valence-corrected chi connectivity index (χ0v) is 34.7. The van der Waals surface area contributed by atoms with Crippen molar-refractivity contribution in [2.24, 2.45) is 0 Å². The van der Waals surface area contributed by atoms with Crippen molar-refractivity contribution in [3.05, 3.63) is 138 Å². The van der Waals surface area contributed by atoms with E-state index in [4.69, 9.17) is 0 Å². The Kier molecular flexibility index (Phi) is 11.0. The maximum Gasteiger partial charge on any atom is 0.333 e. The van der Waals surface area contributed by atoms with Crippen LogP contribution in [0.1, 0.15) is 38.0 Å². The second kappa shape index (κ2) is 17.3. The monoisotopic (exact) mass is 880 g/mol. The van der Waals surface area contributed by atoms with Crippen LogP contribution >= 0.6 is 0 Å². The molecule has 8 aromatic rings. The van der Waals surface area contributed by atoms with Crippen LogP contribution in [0.4, 0.5) is 8.78 Å². The second-order valence-corrected chi connectivity index (χ2v) is 15.8. The summed E-state index contributed by atoms with van der Waals surface area (Å²) in [6, 6.07) is 14.9. The summed E-state index contributed by atoms with van der Waals surface area (Å²) in [4.78, 5) is 76.7. The first-order valence-electron chi connectivity index (χ1n) is 20.9. The molecule has 7 aromatic heterocycles. The summed E-state index contributed by atoms with van der Waals surface area (Å²) in [5.74, 6) is -4.10. The van der Waals surface area contributed by atoms with Crippen LogP contribution < -0.4 is 4.57 Å². The fourth-order valence-corrected chi connectivity index (χ4v) is 8.79. The van der Waals surface area contributed by atoms with Gasteiger partial charge in [0.25, 0.3) is 23.4 Å². The number of hydrogen-bond donors (Lipinski definition) is 2. The van der Waals surface area contributed by atoms with Crippen LogP contribution in [0.2, 0.25) is 0 Å². The van der Waals surface area contributed by atoms with Crippen LogP contribution in [-0.2, 0) is 22.7 Å². The number of nitrogens with zero attached hydrogens (tertiary/aromatic N) is 13. The van der Waals surface area contributed by atoms with Crippen LogP contribution in [0, 0.1) is 11.6 Å². The average Bonchev–Trinajstić information content (AvgIpc) is 4.20. The molecule has 0 radical (unpaired) electrons. The minimum Gasteiger partial charge on any atom is -0.357 e. The third-order valence-electron chi connectivity index (χ3n) is 12.1. The van der Waals surface area contributed by atoms with Gasteiger partial charge in [0, 0.05) is 82.7 Å². The van der Waals surface area contributed by atoms with E-state index < -0.39 is 35.0 Å². The molecule has 2 N–H and O–H groups in total. The number of hydrogen-bond acceptors (Lipinski definition) is 12. The number of piperazine rings is 2. The van der Waals surface area contributed by atoms with E-state index in [1.807, 2.05) is 48.5 Å². The van der Waals surface area contributed by atoms with Gasteiger partial charge < -0.3 is 19.8 Å². The molecule has 1 atom stereocenters. The molecular weight excluding hydrogens is 841 g/mol. The van der Waals surface area contributed by atoms with Crippen molar-refractivity contribution in [3.63, 3.8) is 0 Å². The van der Waals surface area contributed by atoms with Gasteiger partial charge in [-0.25, -0.2) is 23.0 Å². The number of carbonyl (C=O) groups excluding carboxylic acids is 4. The fraction of sp³-hybridized carbons (Fsp3) is 0.250. The van der Waals surface area contributed by atoms with Crippen LogP contribution in [0.15, 0.2) is 104 Å². The molecule has 0 spiro atoms. The van der Waals surface area contributed by atoms with Gasteiger partial charge in [0.15, 0.2) is 17.5 Å². The van der Waals surface area contributed by atoms with Gasteiger partial charge in [-0.2, -0.15) is 0 Å². The minimum atomic E-state index is -0.875. The Morgan fingerprint density at radius 1 is 0.677 bits per heavy atom. The normalized spacial score (nSPS) is 15.5. The van der Waals surface area contributed by atoms with Crippen LogP contribution in [0.25, 0.3) is 33.4 Å². The van der Waals surface area contributed by atoms with Crippen molar-refractivity contribution in [1.82, 2.24) is 69.5 Å². The maximum absolute atomic E-state index is 16.6. The summed E-state index contributed by atoms with van der Waals surface area (Å²) in [6.45, 7) is 3.61. The van der Waals surface area contributed by atoms with Crippen molar-refractivity contribution in [2.45, 2.75) is 19.1 Å². The maximum atomic E-state index is 16.6. The first kappa shape index (κ1) is 41.1. The summed E-state index contributed by atoms with van der Waals surface area (Å²) in [5, 5.41) is 15.8. The number of H-pyrrole nitrogens is 2. The molecular formula is C44H40F2N15O4+. The third-order valence-corrected chi connectivity index (χ3v) is 12.1. The van der Waals surface area contributed by atoms with Gasteiger partial charge in [0.2, 0.25) is 0 Å². The quantitative estimate of drug-likeness (QED) is 0.103. The number of carbonyl (C=O) groups is 4. The molecule has 65 heavy (non-hydrogen) atoms. The Balaban J connectivity index is 0.886. The summed E-state index contributed by atoms with van der Waals surface area (Å²) < 4.78 is 36.3. The van der Waals surface area contributed by atoms with Gasteiger partial charge in [-0.05, 0) is 17.7 Å². The molecule has 2 saturated heterocycles. The molecule has 1 aromatic carbocycles. The summed E-state index contributed by atoms with van der Waals surface area (Å²) in [6.07, 6.45) is 12.7. The smallest absolute Gasteiger partial charge is 0.333 e. The van der Waals surface area contributed by atoms with Crippen LogP contribution in [-0.4, -0.2) is 145 Å². The van der Waals surface area contributed by atoms with Gasteiger partial charge in [0.1, 0.15) is 24.5 Å². The SMILES string of the molecule is O=C(C(=O)N1CCN(C(C[n+]2cc(F)c3c(C(=O)C(=O)N4CCN(Cc5ccccn5)CC4)c[nH]c3c2-n2ccnn2)c2ccccc2)CC1)c1c[nH]c2c(-n3ccnn3)ncc(F)c12. The number of Topliss-reactive ketones (excluding diaryl/α,β-unsaturated/α-hetero) is 2. The van der Waals surface area contributed by atoms with Crippen LogP contribution in [0.5, 0.6) is 0 Å². The molecule has 0 saturated carbocycles. The molecule has 9 heterocycles. The van der Waals surface area contributed by atoms with Crippen molar-refractivity contribution in [1.29, 1.82) is 0 Å². The number of amides is 2. The number of nitrogens with one attached hydrogen (secondary N) is 2. The summed E-state index contributed by atoms with van der Waals surface area (Å²) in [5.41, 5.74) is 2.03. The number of halogens is 2. The highest BCUT2D eigenvalue weighted by Crippen LogP contribution is 2.30. The van der Waals surface area contributed by atoms with E-state index in [1.165, 1.54) is 56.3 Å². The number of rotatable bonds is 12. The highest BCUT2D eigenvalue weighted by atomic mass is 19.1. The van der Waals surface area contributed by atoms with Gasteiger partial charge >= 0.3 is 5.82 Å². The molecule has 19 nitrogen and oxygen atoms in total. The largest absolute Gasteiger partial charge is 0.357 e. The number of ketones is 2. The lowest BCUT2D eigenvalue weighted by atomic mass is 10.0. The van der Waals surface area contributed by atoms with E-state index in [2.05, 4.69) is 50.4 Å². The van der Waals surface area contributed by atoms with Crippen molar-refractivity contribution in [2.75, 3.05) is 52.4 Å². The van der Waals surface area contributed by atoms with E-state index in [1.54, 1.807) is 17.0 Å². The molecule has 328 valence electrons. The Labute approximate surface area is 367 Å². The Morgan fingerprint density at radius 2 is 1.29 bits per heavy atom. The highest BCUT2D eigenvalue weighted by Gasteiger charge is 2.36. The van der Waals surface area contributed by atoms with Crippen molar-refractivity contribution >= 4 is 45.2 Å². The molecule has 2 amide bonds. The van der Waals surface area contributed by atoms with E-state index in [0.29, 0.717) is 51.6 Å². The van der Waals surface area contributed by atoms with Gasteiger partial charge in [-0.15, -0.1) is 10.2 Å². The van der Waals surface area contributed by atoms with E-state index in [9.17, 15) is 19.2 Å². The number of benzene rings is 1. The standard InChI is InChI=1S/C44H39F2N15O4/c45-32-24-50-41(60-12-10-51-53-60)37-35(32)30(22-48-37)39(62)44(65)58-20-18-56(19-21-58)34(28-6-2-1-3-7-28)27-59-26-33(46)36-31(23-49-38(36)42(59)61-13-11-52-54-61)40(63)43(64)57-16-14-55(15-17-57)25-29-8-4-5-9-47-29/h1-13,22-24,26,34H,14-21,25,27H2,(H,48,50,62)/p+1. The Hall–Kier alpha value is -7.91.